The zero-order valence-electron chi connectivity index (χ0n) is 14.2. The highest BCUT2D eigenvalue weighted by atomic mass is 32.2. The number of nitro groups is 1. The van der Waals surface area contributed by atoms with E-state index < -0.39 is 4.92 Å². The second-order valence-electron chi connectivity index (χ2n) is 5.34. The number of nitro benzene ring substituents is 1. The number of amides is 1. The predicted molar refractivity (Wildman–Crippen MR) is 100 cm³/mol. The smallest absolute Gasteiger partial charge is 0.296 e. The number of hydrogen-bond acceptors (Lipinski definition) is 5. The van der Waals surface area contributed by atoms with Gasteiger partial charge in [0.1, 0.15) is 11.4 Å². The lowest BCUT2D eigenvalue weighted by atomic mass is 10.1. The molecule has 0 bridgehead atoms. The fourth-order valence-electron chi connectivity index (χ4n) is 2.24. The van der Waals surface area contributed by atoms with Gasteiger partial charge in [-0.3, -0.25) is 14.9 Å². The molecule has 0 heterocycles. The molecule has 132 valence electrons. The molecule has 0 atom stereocenters. The number of carbonyl (C=O) groups is 1. The van der Waals surface area contributed by atoms with Crippen molar-refractivity contribution in [1.82, 2.24) is 0 Å². The molecule has 0 aliphatic carbocycles. The molecule has 0 aliphatic rings. The van der Waals surface area contributed by atoms with Crippen LogP contribution >= 0.6 is 11.8 Å². The molecule has 6 nitrogen and oxygen atoms in total. The molecule has 0 radical (unpaired) electrons. The number of nitrogens with one attached hydrogen (secondary N) is 1. The van der Waals surface area contributed by atoms with E-state index in [2.05, 4.69) is 5.32 Å². The average Bonchev–Trinajstić information content (AvgIpc) is 2.58. The molecule has 1 amide bonds. The summed E-state index contributed by atoms with van der Waals surface area (Å²) in [6.45, 7) is 4.24. The van der Waals surface area contributed by atoms with E-state index in [1.54, 1.807) is 13.0 Å². The molecule has 7 heteroatoms. The number of rotatable bonds is 8. The third-order valence-corrected chi connectivity index (χ3v) is 4.48. The maximum atomic E-state index is 12.1. The Labute approximate surface area is 150 Å². The van der Waals surface area contributed by atoms with Crippen molar-refractivity contribution in [2.24, 2.45) is 0 Å². The number of ether oxygens (including phenoxy) is 1. The van der Waals surface area contributed by atoms with Crippen LogP contribution in [0, 0.1) is 17.0 Å². The molecular weight excluding hydrogens is 340 g/mol. The van der Waals surface area contributed by atoms with E-state index in [0.29, 0.717) is 18.1 Å². The zero-order valence-corrected chi connectivity index (χ0v) is 15.0. The normalized spacial score (nSPS) is 10.3. The van der Waals surface area contributed by atoms with Crippen LogP contribution in [0.25, 0.3) is 0 Å². The summed E-state index contributed by atoms with van der Waals surface area (Å²) in [7, 11) is 0. The van der Waals surface area contributed by atoms with E-state index in [0.717, 1.165) is 0 Å². The number of hydrogen-bond donors (Lipinski definition) is 1. The second kappa shape index (κ2) is 9.08. The Kier molecular flexibility index (Phi) is 6.82. The summed E-state index contributed by atoms with van der Waals surface area (Å²) in [5.74, 6) is 1.07. The summed E-state index contributed by atoms with van der Waals surface area (Å²) in [5.41, 5.74) is 2.35. The second-order valence-corrected chi connectivity index (χ2v) is 6.32. The first kappa shape index (κ1) is 18.8. The lowest BCUT2D eigenvalue weighted by molar-refractivity contribution is -0.384. The number of nitrogens with zero attached hydrogens (tertiary/aromatic N) is 1. The van der Waals surface area contributed by atoms with Gasteiger partial charge in [0.15, 0.2) is 0 Å². The first-order valence-electron chi connectivity index (χ1n) is 7.84. The molecule has 2 rings (SSSR count). The van der Waals surface area contributed by atoms with Crippen LogP contribution in [0.3, 0.4) is 0 Å². The standard InChI is InChI=1S/C18H20N2O4S/c1-3-24-15-8-9-16(17(10-15)20(22)23)19-18(21)12-25-11-14-7-5-4-6-13(14)2/h4-10H,3,11-12H2,1-2H3,(H,19,21). The maximum Gasteiger partial charge on any atom is 0.296 e. The van der Waals surface area contributed by atoms with Crippen molar-refractivity contribution in [3.8, 4) is 5.75 Å². The van der Waals surface area contributed by atoms with Crippen LogP contribution in [0.5, 0.6) is 5.75 Å². The minimum atomic E-state index is -0.529. The predicted octanol–water partition coefficient (Wildman–Crippen LogP) is 4.17. The number of anilines is 1. The Morgan fingerprint density at radius 2 is 2.04 bits per heavy atom. The zero-order chi connectivity index (χ0) is 18.2. The van der Waals surface area contributed by atoms with Gasteiger partial charge in [-0.15, -0.1) is 11.8 Å². The molecule has 2 aromatic rings. The molecule has 0 saturated carbocycles. The van der Waals surface area contributed by atoms with Gasteiger partial charge in [0.2, 0.25) is 5.91 Å². The van der Waals surface area contributed by atoms with Crippen LogP contribution in [0.4, 0.5) is 11.4 Å². The van der Waals surface area contributed by atoms with Gasteiger partial charge in [-0.25, -0.2) is 0 Å². The minimum absolute atomic E-state index is 0.176. The quantitative estimate of drug-likeness (QED) is 0.564. The van der Waals surface area contributed by atoms with Crippen molar-refractivity contribution in [2.45, 2.75) is 19.6 Å². The largest absolute Gasteiger partial charge is 0.494 e. The Morgan fingerprint density at radius 3 is 2.72 bits per heavy atom. The van der Waals surface area contributed by atoms with Crippen LogP contribution in [0.2, 0.25) is 0 Å². The van der Waals surface area contributed by atoms with Gasteiger partial charge < -0.3 is 10.1 Å². The molecule has 0 aromatic heterocycles. The highest BCUT2D eigenvalue weighted by molar-refractivity contribution is 7.99. The summed E-state index contributed by atoms with van der Waals surface area (Å²) in [4.78, 5) is 22.7. The van der Waals surface area contributed by atoms with E-state index in [1.165, 1.54) is 35.0 Å². The van der Waals surface area contributed by atoms with E-state index in [4.69, 9.17) is 4.74 Å². The molecular formula is C18H20N2O4S. The van der Waals surface area contributed by atoms with E-state index in [9.17, 15) is 14.9 Å². The Bertz CT molecular complexity index is 764. The number of aryl methyl sites for hydroxylation is 1. The topological polar surface area (TPSA) is 81.5 Å². The third-order valence-electron chi connectivity index (χ3n) is 3.50. The Balaban J connectivity index is 1.95. The van der Waals surface area contributed by atoms with Gasteiger partial charge in [-0.1, -0.05) is 24.3 Å². The monoisotopic (exact) mass is 360 g/mol. The van der Waals surface area contributed by atoms with E-state index in [-0.39, 0.29) is 23.0 Å². The third kappa shape index (κ3) is 5.49. The van der Waals surface area contributed by atoms with E-state index in [1.807, 2.05) is 31.2 Å². The van der Waals surface area contributed by atoms with Crippen molar-refractivity contribution >= 4 is 29.0 Å². The molecule has 25 heavy (non-hydrogen) atoms. The summed E-state index contributed by atoms with van der Waals surface area (Å²) < 4.78 is 5.26. The number of thioether (sulfide) groups is 1. The van der Waals surface area contributed by atoms with Gasteiger partial charge in [0, 0.05) is 5.75 Å². The number of benzene rings is 2. The van der Waals surface area contributed by atoms with Gasteiger partial charge in [0.05, 0.1) is 23.3 Å². The van der Waals surface area contributed by atoms with Crippen molar-refractivity contribution in [3.63, 3.8) is 0 Å². The summed E-state index contributed by atoms with van der Waals surface area (Å²) in [5, 5.41) is 13.8. The Hall–Kier alpha value is -2.54. The van der Waals surface area contributed by atoms with Crippen molar-refractivity contribution < 1.29 is 14.5 Å². The molecule has 0 spiro atoms. The summed E-state index contributed by atoms with van der Waals surface area (Å²) in [6.07, 6.45) is 0. The van der Waals surface area contributed by atoms with Crippen molar-refractivity contribution in [2.75, 3.05) is 17.7 Å². The summed E-state index contributed by atoms with van der Waals surface area (Å²) in [6, 6.07) is 12.4. The molecule has 0 saturated heterocycles. The van der Waals surface area contributed by atoms with Gasteiger partial charge in [-0.2, -0.15) is 0 Å². The van der Waals surface area contributed by atoms with Crippen LogP contribution in [-0.2, 0) is 10.5 Å². The minimum Gasteiger partial charge on any atom is -0.494 e. The fourth-order valence-corrected chi connectivity index (χ4v) is 3.14. The maximum absolute atomic E-state index is 12.1. The van der Waals surface area contributed by atoms with Crippen molar-refractivity contribution in [3.05, 3.63) is 63.7 Å². The highest BCUT2D eigenvalue weighted by Gasteiger charge is 2.17. The molecule has 0 aliphatic heterocycles. The number of carbonyl (C=O) groups excluding carboxylic acids is 1. The first-order chi connectivity index (χ1) is 12.0. The van der Waals surface area contributed by atoms with Gasteiger partial charge in [-0.05, 0) is 37.1 Å². The fraction of sp³-hybridized carbons (Fsp3) is 0.278. The molecule has 0 fully saturated rings. The van der Waals surface area contributed by atoms with Gasteiger partial charge in [0.25, 0.3) is 5.69 Å². The van der Waals surface area contributed by atoms with Crippen LogP contribution in [0.15, 0.2) is 42.5 Å². The average molecular weight is 360 g/mol. The SMILES string of the molecule is CCOc1ccc(NC(=O)CSCc2ccccc2C)c([N+](=O)[O-])c1. The molecule has 1 N–H and O–H groups in total. The summed E-state index contributed by atoms with van der Waals surface area (Å²) >= 11 is 1.47. The molecule has 2 aromatic carbocycles. The van der Waals surface area contributed by atoms with E-state index >= 15 is 0 Å². The van der Waals surface area contributed by atoms with Crippen LogP contribution in [0.1, 0.15) is 18.1 Å². The van der Waals surface area contributed by atoms with Gasteiger partial charge >= 0.3 is 0 Å². The first-order valence-corrected chi connectivity index (χ1v) is 9.00. The van der Waals surface area contributed by atoms with Crippen molar-refractivity contribution in [1.29, 1.82) is 0 Å². The molecule has 0 unspecified atom stereocenters. The van der Waals surface area contributed by atoms with Crippen LogP contribution < -0.4 is 10.1 Å². The Morgan fingerprint density at radius 1 is 1.28 bits per heavy atom. The van der Waals surface area contributed by atoms with Crippen LogP contribution in [-0.4, -0.2) is 23.2 Å². The lowest BCUT2D eigenvalue weighted by Gasteiger charge is -2.09. The lowest BCUT2D eigenvalue weighted by Crippen LogP contribution is -2.15. The highest BCUT2D eigenvalue weighted by Crippen LogP contribution is 2.29.